The fraction of sp³-hybridized carbons (Fsp3) is 0.786. The van der Waals surface area contributed by atoms with Crippen LogP contribution < -0.4 is 5.73 Å². The molecule has 3 unspecified atom stereocenters. The van der Waals surface area contributed by atoms with Gasteiger partial charge in [-0.25, -0.2) is 0 Å². The van der Waals surface area contributed by atoms with E-state index in [1.807, 2.05) is 0 Å². The van der Waals surface area contributed by atoms with Gasteiger partial charge in [0.05, 0.1) is 0 Å². The molecule has 2 nitrogen and oxygen atoms in total. The highest BCUT2D eigenvalue weighted by Gasteiger charge is 2.46. The molecule has 0 aromatic carbocycles. The number of hydrogen-bond donors (Lipinski definition) is 1. The quantitative estimate of drug-likeness (QED) is 0.700. The zero-order valence-corrected chi connectivity index (χ0v) is 10.2. The van der Waals surface area contributed by atoms with Crippen LogP contribution in [0.3, 0.4) is 0 Å². The Balaban J connectivity index is 1.87. The molecule has 3 atom stereocenters. The second-order valence-corrected chi connectivity index (χ2v) is 4.99. The second-order valence-electron chi connectivity index (χ2n) is 4.99. The lowest BCUT2D eigenvalue weighted by molar-refractivity contribution is 0.200. The average molecular weight is 221 g/mol. The molecule has 0 amide bonds. The van der Waals surface area contributed by atoms with Gasteiger partial charge in [-0.3, -0.25) is 0 Å². The fourth-order valence-corrected chi connectivity index (χ4v) is 2.75. The van der Waals surface area contributed by atoms with Gasteiger partial charge in [-0.15, -0.1) is 0 Å². The number of nitrogens with two attached hydrogens (primary N) is 1. The first kappa shape index (κ1) is 11.8. The van der Waals surface area contributed by atoms with Gasteiger partial charge in [0, 0.05) is 12.5 Å². The van der Waals surface area contributed by atoms with E-state index >= 15 is 0 Å². The van der Waals surface area contributed by atoms with E-state index in [1.165, 1.54) is 32.1 Å². The van der Waals surface area contributed by atoms with Crippen LogP contribution in [-0.4, -0.2) is 13.2 Å². The van der Waals surface area contributed by atoms with Crippen molar-refractivity contribution in [3.05, 3.63) is 17.6 Å². The van der Waals surface area contributed by atoms with Crippen LogP contribution in [0.5, 0.6) is 0 Å². The molecule has 0 bridgehead atoms. The normalized spacial score (nSPS) is 31.6. The van der Waals surface area contributed by atoms with Gasteiger partial charge in [0.2, 0.25) is 0 Å². The molecular weight excluding hydrogens is 198 g/mol. The molecule has 0 saturated heterocycles. The average Bonchev–Trinajstić information content (AvgIpc) is 3.06. The number of fused-ring (bicyclic) bond motifs is 1. The molecule has 0 radical (unpaired) electrons. The largest absolute Gasteiger partial charge is 0.488 e. The van der Waals surface area contributed by atoms with E-state index in [9.17, 15) is 0 Å². The predicted molar refractivity (Wildman–Crippen MR) is 65.8 cm³/mol. The van der Waals surface area contributed by atoms with Crippen molar-refractivity contribution in [1.29, 1.82) is 0 Å². The summed E-state index contributed by atoms with van der Waals surface area (Å²) in [6.45, 7) is 3.51. The molecule has 90 valence electrons. The Labute approximate surface area is 98.5 Å². The van der Waals surface area contributed by atoms with Crippen molar-refractivity contribution >= 4 is 0 Å². The van der Waals surface area contributed by atoms with E-state index in [4.69, 9.17) is 10.5 Å². The van der Waals surface area contributed by atoms with Gasteiger partial charge in [0.1, 0.15) is 12.4 Å². The topological polar surface area (TPSA) is 35.2 Å². The number of unbranched alkanes of at least 4 members (excludes halogenated alkanes) is 1. The van der Waals surface area contributed by atoms with Gasteiger partial charge in [0.25, 0.3) is 0 Å². The fourth-order valence-electron chi connectivity index (χ4n) is 2.75. The molecule has 0 spiro atoms. The lowest BCUT2D eigenvalue weighted by Crippen LogP contribution is -2.09. The van der Waals surface area contributed by atoms with Crippen molar-refractivity contribution in [2.45, 2.75) is 39.0 Å². The number of allylic oxidation sites excluding steroid dienone is 1. The second kappa shape index (κ2) is 5.56. The zero-order valence-electron chi connectivity index (χ0n) is 10.2. The van der Waals surface area contributed by atoms with Crippen molar-refractivity contribution in [1.82, 2.24) is 0 Å². The maximum Gasteiger partial charge on any atom is 0.141 e. The highest BCUT2D eigenvalue weighted by molar-refractivity contribution is 5.14. The summed E-state index contributed by atoms with van der Waals surface area (Å²) in [5.74, 6) is 3.48. The molecule has 0 heterocycles. The molecular formula is C14H23NO. The molecule has 1 fully saturated rings. The van der Waals surface area contributed by atoms with Crippen LogP contribution in [0.1, 0.15) is 39.0 Å². The third-order valence-electron chi connectivity index (χ3n) is 3.75. The van der Waals surface area contributed by atoms with Gasteiger partial charge in [0.15, 0.2) is 0 Å². The highest BCUT2D eigenvalue weighted by Crippen LogP contribution is 2.52. The number of hydrogen-bond acceptors (Lipinski definition) is 2. The highest BCUT2D eigenvalue weighted by atomic mass is 16.5. The molecule has 0 aliphatic heterocycles. The Morgan fingerprint density at radius 3 is 3.19 bits per heavy atom. The Morgan fingerprint density at radius 2 is 2.44 bits per heavy atom. The maximum absolute atomic E-state index is 5.67. The minimum atomic E-state index is 0.599. The SMILES string of the molecule is CCCCC1CC=C=C(OCCN)C2CC12. The van der Waals surface area contributed by atoms with Crippen molar-refractivity contribution < 1.29 is 4.74 Å². The van der Waals surface area contributed by atoms with Crippen LogP contribution in [-0.2, 0) is 4.74 Å². The summed E-state index contributed by atoms with van der Waals surface area (Å²) >= 11 is 0. The maximum atomic E-state index is 5.67. The summed E-state index contributed by atoms with van der Waals surface area (Å²) in [6.07, 6.45) is 8.73. The van der Waals surface area contributed by atoms with Gasteiger partial charge in [-0.2, -0.15) is 0 Å². The first-order chi connectivity index (χ1) is 7.86. The Bertz CT molecular complexity index is 291. The Hall–Kier alpha value is -0.720. The first-order valence-corrected chi connectivity index (χ1v) is 6.64. The lowest BCUT2D eigenvalue weighted by Gasteiger charge is -2.13. The summed E-state index contributed by atoms with van der Waals surface area (Å²) in [7, 11) is 0. The number of ether oxygens (including phenoxy) is 1. The molecule has 0 aromatic rings. The van der Waals surface area contributed by atoms with E-state index in [0.29, 0.717) is 19.1 Å². The first-order valence-electron chi connectivity index (χ1n) is 6.64. The summed E-state index contributed by atoms with van der Waals surface area (Å²) in [4.78, 5) is 0. The third kappa shape index (κ3) is 2.69. The van der Waals surface area contributed by atoms with Crippen LogP contribution in [0.25, 0.3) is 0 Å². The van der Waals surface area contributed by atoms with E-state index in [0.717, 1.165) is 17.6 Å². The monoisotopic (exact) mass is 221 g/mol. The third-order valence-corrected chi connectivity index (χ3v) is 3.75. The summed E-state index contributed by atoms with van der Waals surface area (Å²) in [5, 5.41) is 0. The van der Waals surface area contributed by atoms with Gasteiger partial charge >= 0.3 is 0 Å². The smallest absolute Gasteiger partial charge is 0.141 e. The molecule has 2 aliphatic rings. The Morgan fingerprint density at radius 1 is 1.56 bits per heavy atom. The van der Waals surface area contributed by atoms with Crippen molar-refractivity contribution in [3.8, 4) is 0 Å². The molecule has 2 heteroatoms. The summed E-state index contributed by atoms with van der Waals surface area (Å²) < 4.78 is 5.67. The van der Waals surface area contributed by atoms with Gasteiger partial charge < -0.3 is 10.5 Å². The number of rotatable bonds is 6. The molecule has 1 saturated carbocycles. The van der Waals surface area contributed by atoms with Gasteiger partial charge in [-0.05, 0) is 37.2 Å². The predicted octanol–water partition coefficient (Wildman–Crippen LogP) is 2.85. The minimum absolute atomic E-state index is 0.599. The van der Waals surface area contributed by atoms with E-state index in [2.05, 4.69) is 18.7 Å². The summed E-state index contributed by atoms with van der Waals surface area (Å²) in [5.41, 5.74) is 8.79. The van der Waals surface area contributed by atoms with Crippen molar-refractivity contribution in [3.63, 3.8) is 0 Å². The van der Waals surface area contributed by atoms with Gasteiger partial charge in [-0.1, -0.05) is 25.5 Å². The zero-order chi connectivity index (χ0) is 11.4. The van der Waals surface area contributed by atoms with Crippen LogP contribution in [0.4, 0.5) is 0 Å². The van der Waals surface area contributed by atoms with Crippen LogP contribution in [0.2, 0.25) is 0 Å². The van der Waals surface area contributed by atoms with Crippen molar-refractivity contribution in [2.24, 2.45) is 23.5 Å². The molecule has 0 aromatic heterocycles. The van der Waals surface area contributed by atoms with Crippen molar-refractivity contribution in [2.75, 3.05) is 13.2 Å². The van der Waals surface area contributed by atoms with Crippen LogP contribution in [0, 0.1) is 17.8 Å². The molecule has 2 N–H and O–H groups in total. The van der Waals surface area contributed by atoms with E-state index < -0.39 is 0 Å². The summed E-state index contributed by atoms with van der Waals surface area (Å²) in [6, 6.07) is 0. The van der Waals surface area contributed by atoms with Crippen LogP contribution >= 0.6 is 0 Å². The minimum Gasteiger partial charge on any atom is -0.488 e. The molecule has 2 aliphatic carbocycles. The lowest BCUT2D eigenvalue weighted by atomic mass is 9.93. The standard InChI is InChI=1S/C14H23NO/c1-2-3-5-11-6-4-7-14(16-9-8-15)13-10-12(11)13/h4,11-13H,2-3,5-6,8-10,15H2,1H3. The molecule has 16 heavy (non-hydrogen) atoms. The van der Waals surface area contributed by atoms with E-state index in [-0.39, 0.29) is 0 Å². The van der Waals surface area contributed by atoms with E-state index in [1.54, 1.807) is 0 Å². The van der Waals surface area contributed by atoms with Crippen LogP contribution in [0.15, 0.2) is 17.6 Å². The Kier molecular flexibility index (Phi) is 4.09. The molecule has 2 rings (SSSR count).